The van der Waals surface area contributed by atoms with Crippen LogP contribution in [-0.2, 0) is 6.42 Å². The van der Waals surface area contributed by atoms with Gasteiger partial charge in [-0.3, -0.25) is 4.40 Å². The molecular formula is C12H17N5. The third-order valence-electron chi connectivity index (χ3n) is 3.46. The van der Waals surface area contributed by atoms with E-state index < -0.39 is 0 Å². The Kier molecular flexibility index (Phi) is 2.76. The molecule has 1 aliphatic rings. The SMILES string of the molecule is CCc1cnc2nnc(C3CCNCC3)n2c1. The van der Waals surface area contributed by atoms with Crippen molar-refractivity contribution in [3.63, 3.8) is 0 Å². The zero-order valence-corrected chi connectivity index (χ0v) is 10.1. The van der Waals surface area contributed by atoms with Crippen molar-refractivity contribution in [3.8, 4) is 0 Å². The van der Waals surface area contributed by atoms with Crippen LogP contribution in [0.3, 0.4) is 0 Å². The van der Waals surface area contributed by atoms with Crippen LogP contribution < -0.4 is 5.32 Å². The second-order valence-corrected chi connectivity index (χ2v) is 4.57. The molecule has 90 valence electrons. The summed E-state index contributed by atoms with van der Waals surface area (Å²) < 4.78 is 2.06. The first kappa shape index (κ1) is 10.7. The number of aromatic nitrogens is 4. The van der Waals surface area contributed by atoms with Gasteiger partial charge in [-0.1, -0.05) is 6.92 Å². The number of nitrogens with zero attached hydrogens (tertiary/aromatic N) is 4. The fraction of sp³-hybridized carbons (Fsp3) is 0.583. The Morgan fingerprint density at radius 2 is 2.18 bits per heavy atom. The lowest BCUT2D eigenvalue weighted by Gasteiger charge is -2.20. The van der Waals surface area contributed by atoms with Crippen molar-refractivity contribution >= 4 is 5.78 Å². The molecule has 2 aromatic heterocycles. The van der Waals surface area contributed by atoms with Gasteiger partial charge >= 0.3 is 0 Å². The fourth-order valence-corrected chi connectivity index (χ4v) is 2.39. The van der Waals surface area contributed by atoms with Crippen LogP contribution in [0.15, 0.2) is 12.4 Å². The summed E-state index contributed by atoms with van der Waals surface area (Å²) in [6, 6.07) is 0. The normalized spacial score (nSPS) is 17.7. The van der Waals surface area contributed by atoms with E-state index in [1.165, 1.54) is 5.56 Å². The molecule has 0 atom stereocenters. The van der Waals surface area contributed by atoms with E-state index in [-0.39, 0.29) is 0 Å². The predicted molar refractivity (Wildman–Crippen MR) is 65.0 cm³/mol. The highest BCUT2D eigenvalue weighted by atomic mass is 15.3. The van der Waals surface area contributed by atoms with Gasteiger partial charge in [0.05, 0.1) is 0 Å². The number of nitrogens with one attached hydrogen (secondary N) is 1. The molecule has 0 amide bonds. The summed E-state index contributed by atoms with van der Waals surface area (Å²) in [6.07, 6.45) is 7.27. The summed E-state index contributed by atoms with van der Waals surface area (Å²) in [4.78, 5) is 4.34. The molecule has 17 heavy (non-hydrogen) atoms. The van der Waals surface area contributed by atoms with Crippen molar-refractivity contribution in [1.29, 1.82) is 0 Å². The van der Waals surface area contributed by atoms with Crippen LogP contribution in [-0.4, -0.2) is 32.7 Å². The van der Waals surface area contributed by atoms with E-state index in [2.05, 4.69) is 38.0 Å². The molecule has 3 heterocycles. The molecule has 0 unspecified atom stereocenters. The van der Waals surface area contributed by atoms with Gasteiger partial charge in [-0.05, 0) is 37.9 Å². The molecule has 0 radical (unpaired) electrons. The maximum Gasteiger partial charge on any atom is 0.254 e. The van der Waals surface area contributed by atoms with Crippen molar-refractivity contribution < 1.29 is 0 Å². The minimum absolute atomic E-state index is 0.514. The highest BCUT2D eigenvalue weighted by Crippen LogP contribution is 2.23. The van der Waals surface area contributed by atoms with Crippen LogP contribution >= 0.6 is 0 Å². The number of aryl methyl sites for hydroxylation is 1. The predicted octanol–water partition coefficient (Wildman–Crippen LogP) is 1.15. The number of rotatable bonds is 2. The number of hydrogen-bond acceptors (Lipinski definition) is 4. The van der Waals surface area contributed by atoms with E-state index in [1.807, 2.05) is 6.20 Å². The van der Waals surface area contributed by atoms with E-state index >= 15 is 0 Å². The fourth-order valence-electron chi connectivity index (χ4n) is 2.39. The summed E-state index contributed by atoms with van der Waals surface area (Å²) in [5, 5.41) is 11.8. The van der Waals surface area contributed by atoms with Crippen LogP contribution in [0.5, 0.6) is 0 Å². The number of hydrogen-bond donors (Lipinski definition) is 1. The van der Waals surface area contributed by atoms with Gasteiger partial charge in [0.2, 0.25) is 0 Å². The molecule has 3 rings (SSSR count). The summed E-state index contributed by atoms with van der Waals surface area (Å²) >= 11 is 0. The smallest absolute Gasteiger partial charge is 0.254 e. The van der Waals surface area contributed by atoms with Gasteiger partial charge in [-0.25, -0.2) is 4.98 Å². The molecular weight excluding hydrogens is 214 g/mol. The van der Waals surface area contributed by atoms with Gasteiger partial charge in [0.15, 0.2) is 0 Å². The van der Waals surface area contributed by atoms with E-state index in [4.69, 9.17) is 0 Å². The van der Waals surface area contributed by atoms with E-state index in [0.717, 1.165) is 44.0 Å². The quantitative estimate of drug-likeness (QED) is 0.842. The number of fused-ring (bicyclic) bond motifs is 1. The Hall–Kier alpha value is -1.49. The van der Waals surface area contributed by atoms with Gasteiger partial charge in [-0.15, -0.1) is 10.2 Å². The summed E-state index contributed by atoms with van der Waals surface area (Å²) in [5.74, 6) is 2.31. The summed E-state index contributed by atoms with van der Waals surface area (Å²) in [6.45, 7) is 4.28. The molecule has 5 nitrogen and oxygen atoms in total. The maximum atomic E-state index is 4.34. The van der Waals surface area contributed by atoms with Crippen molar-refractivity contribution in [1.82, 2.24) is 24.9 Å². The van der Waals surface area contributed by atoms with Crippen LogP contribution in [0, 0.1) is 0 Å². The Balaban J connectivity index is 2.02. The van der Waals surface area contributed by atoms with Crippen molar-refractivity contribution in [2.75, 3.05) is 13.1 Å². The topological polar surface area (TPSA) is 55.1 Å². The van der Waals surface area contributed by atoms with Gasteiger partial charge in [0, 0.05) is 18.3 Å². The molecule has 0 bridgehead atoms. The lowest BCUT2D eigenvalue weighted by molar-refractivity contribution is 0.442. The Bertz CT molecular complexity index is 513. The van der Waals surface area contributed by atoms with Crippen LogP contribution in [0.1, 0.15) is 37.1 Å². The lowest BCUT2D eigenvalue weighted by atomic mass is 9.97. The van der Waals surface area contributed by atoms with Crippen molar-refractivity contribution in [2.45, 2.75) is 32.1 Å². The maximum absolute atomic E-state index is 4.34. The Morgan fingerprint density at radius 3 is 2.94 bits per heavy atom. The molecule has 5 heteroatoms. The molecule has 1 N–H and O–H groups in total. The second kappa shape index (κ2) is 4.41. The van der Waals surface area contributed by atoms with Crippen LogP contribution in [0.4, 0.5) is 0 Å². The standard InChI is InChI=1S/C12H17N5/c1-2-9-7-14-12-16-15-11(17(12)8-9)10-3-5-13-6-4-10/h7-8,10,13H,2-6H2,1H3. The van der Waals surface area contributed by atoms with Crippen LogP contribution in [0.25, 0.3) is 5.78 Å². The third kappa shape index (κ3) is 1.91. The molecule has 1 saturated heterocycles. The van der Waals surface area contributed by atoms with Gasteiger partial charge in [0.25, 0.3) is 5.78 Å². The zero-order chi connectivity index (χ0) is 11.7. The Labute approximate surface area is 100 Å². The monoisotopic (exact) mass is 231 g/mol. The summed E-state index contributed by atoms with van der Waals surface area (Å²) in [7, 11) is 0. The first-order valence-corrected chi connectivity index (χ1v) is 6.28. The third-order valence-corrected chi connectivity index (χ3v) is 3.46. The van der Waals surface area contributed by atoms with E-state index in [1.54, 1.807) is 0 Å². The molecule has 1 aliphatic heterocycles. The average molecular weight is 231 g/mol. The van der Waals surface area contributed by atoms with E-state index in [0.29, 0.717) is 5.92 Å². The largest absolute Gasteiger partial charge is 0.317 e. The molecule has 0 aliphatic carbocycles. The minimum Gasteiger partial charge on any atom is -0.317 e. The molecule has 2 aromatic rings. The van der Waals surface area contributed by atoms with Gasteiger partial charge < -0.3 is 5.32 Å². The highest BCUT2D eigenvalue weighted by Gasteiger charge is 2.20. The number of piperidine rings is 1. The Morgan fingerprint density at radius 1 is 1.35 bits per heavy atom. The van der Waals surface area contributed by atoms with Crippen molar-refractivity contribution in [3.05, 3.63) is 23.8 Å². The average Bonchev–Trinajstić information content (AvgIpc) is 2.82. The second-order valence-electron chi connectivity index (χ2n) is 4.57. The van der Waals surface area contributed by atoms with Gasteiger partial charge in [0.1, 0.15) is 5.82 Å². The summed E-state index contributed by atoms with van der Waals surface area (Å²) in [5.41, 5.74) is 1.23. The first-order chi connectivity index (χ1) is 8.38. The molecule has 0 spiro atoms. The van der Waals surface area contributed by atoms with Crippen molar-refractivity contribution in [2.24, 2.45) is 0 Å². The van der Waals surface area contributed by atoms with E-state index in [9.17, 15) is 0 Å². The molecule has 0 saturated carbocycles. The van der Waals surface area contributed by atoms with Gasteiger partial charge in [-0.2, -0.15) is 0 Å². The molecule has 0 aromatic carbocycles. The van der Waals surface area contributed by atoms with Crippen LogP contribution in [0.2, 0.25) is 0 Å². The first-order valence-electron chi connectivity index (χ1n) is 6.28. The lowest BCUT2D eigenvalue weighted by Crippen LogP contribution is -2.27. The minimum atomic E-state index is 0.514. The zero-order valence-electron chi connectivity index (χ0n) is 10.1. The molecule has 1 fully saturated rings. The highest BCUT2D eigenvalue weighted by molar-refractivity contribution is 5.30.